The van der Waals surface area contributed by atoms with Crippen LogP contribution in [0, 0.1) is 5.92 Å². The minimum absolute atomic E-state index is 0.748. The Balaban J connectivity index is 1.43. The van der Waals surface area contributed by atoms with Crippen LogP contribution in [0.3, 0.4) is 0 Å². The molecule has 1 saturated carbocycles. The average molecular weight is 485 g/mol. The lowest BCUT2D eigenvalue weighted by atomic mass is 9.79. The highest BCUT2D eigenvalue weighted by Crippen LogP contribution is 2.44. The van der Waals surface area contributed by atoms with Gasteiger partial charge in [-0.15, -0.1) is 0 Å². The average Bonchev–Trinajstić information content (AvgIpc) is 3.46. The predicted octanol–water partition coefficient (Wildman–Crippen LogP) is 7.25. The van der Waals surface area contributed by atoms with Crippen LogP contribution in [0.1, 0.15) is 66.9 Å². The van der Waals surface area contributed by atoms with E-state index < -0.39 is 6.10 Å². The first kappa shape index (κ1) is 24.5. The third-order valence-corrected chi connectivity index (χ3v) is 7.75. The molecule has 1 N–H and O–H groups in total. The van der Waals surface area contributed by atoms with Crippen molar-refractivity contribution in [1.29, 1.82) is 0 Å². The molecule has 0 aliphatic heterocycles. The smallest absolute Gasteiger partial charge is 0.119 e. The summed E-state index contributed by atoms with van der Waals surface area (Å²) in [6.07, 6.45) is 7.54. The van der Waals surface area contributed by atoms with E-state index in [1.165, 1.54) is 36.8 Å². The van der Waals surface area contributed by atoms with Crippen molar-refractivity contribution < 1.29 is 19.3 Å². The molecule has 3 aromatic rings. The number of hydrogen-bond donors (Lipinski definition) is 1. The highest BCUT2D eigenvalue weighted by molar-refractivity contribution is 5.95. The van der Waals surface area contributed by atoms with E-state index in [4.69, 9.17) is 14.2 Å². The Bertz CT molecular complexity index is 1190. The minimum atomic E-state index is -0.748. The zero-order valence-corrected chi connectivity index (χ0v) is 21.3. The van der Waals surface area contributed by atoms with Crippen LogP contribution in [-0.4, -0.2) is 25.9 Å². The molecular formula is C32H36O4. The molecule has 2 aliphatic rings. The Morgan fingerprint density at radius 2 is 1.47 bits per heavy atom. The van der Waals surface area contributed by atoms with Gasteiger partial charge in [0.1, 0.15) is 23.4 Å². The zero-order chi connectivity index (χ0) is 24.9. The standard InChI is InChI=1S/C32H36O4/c1-34-26-12-7-23(8-13-26)29-17-11-25-21-28(35-2)16-18-30(25)31(29)32(33)24-9-14-27(15-10-24)36-20-19-22-5-3-4-6-22/h7-10,12-16,18,21-22,32-33H,3-6,11,17,19-20H2,1-2H3. The van der Waals surface area contributed by atoms with Gasteiger partial charge in [0.2, 0.25) is 0 Å². The molecule has 1 atom stereocenters. The van der Waals surface area contributed by atoms with E-state index in [-0.39, 0.29) is 0 Å². The Hall–Kier alpha value is -3.24. The first-order valence-corrected chi connectivity index (χ1v) is 13.1. The van der Waals surface area contributed by atoms with Crippen molar-refractivity contribution in [3.05, 3.63) is 89.0 Å². The van der Waals surface area contributed by atoms with E-state index in [0.717, 1.165) is 71.3 Å². The lowest BCUT2D eigenvalue weighted by Gasteiger charge is -2.28. The van der Waals surface area contributed by atoms with Crippen LogP contribution in [0.2, 0.25) is 0 Å². The molecule has 0 aromatic heterocycles. The lowest BCUT2D eigenvalue weighted by molar-refractivity contribution is 0.237. The topological polar surface area (TPSA) is 47.9 Å². The normalized spacial score (nSPS) is 16.5. The Morgan fingerprint density at radius 3 is 2.17 bits per heavy atom. The zero-order valence-electron chi connectivity index (χ0n) is 21.3. The monoisotopic (exact) mass is 484 g/mol. The van der Waals surface area contributed by atoms with Gasteiger partial charge in [0.25, 0.3) is 0 Å². The number of ether oxygens (including phenoxy) is 3. The minimum Gasteiger partial charge on any atom is -0.497 e. The van der Waals surface area contributed by atoms with Crippen molar-refractivity contribution >= 4 is 11.1 Å². The molecule has 1 fully saturated rings. The van der Waals surface area contributed by atoms with Crippen molar-refractivity contribution in [3.8, 4) is 17.2 Å². The second kappa shape index (κ2) is 11.2. The van der Waals surface area contributed by atoms with Crippen LogP contribution in [0.15, 0.2) is 66.7 Å². The highest BCUT2D eigenvalue weighted by Gasteiger charge is 2.27. The molecule has 0 spiro atoms. The molecule has 2 aliphatic carbocycles. The summed E-state index contributed by atoms with van der Waals surface area (Å²) in [7, 11) is 3.37. The van der Waals surface area contributed by atoms with Crippen molar-refractivity contribution in [1.82, 2.24) is 0 Å². The number of rotatable bonds is 9. The van der Waals surface area contributed by atoms with Crippen molar-refractivity contribution in [2.24, 2.45) is 5.92 Å². The van der Waals surface area contributed by atoms with E-state index in [1.54, 1.807) is 14.2 Å². The molecule has 0 heterocycles. The van der Waals surface area contributed by atoms with E-state index >= 15 is 0 Å². The molecular weight excluding hydrogens is 448 g/mol. The van der Waals surface area contributed by atoms with Crippen LogP contribution in [0.4, 0.5) is 0 Å². The second-order valence-corrected chi connectivity index (χ2v) is 9.90. The largest absolute Gasteiger partial charge is 0.497 e. The van der Waals surface area contributed by atoms with E-state index in [2.05, 4.69) is 24.3 Å². The number of hydrogen-bond acceptors (Lipinski definition) is 4. The number of benzene rings is 3. The maximum Gasteiger partial charge on any atom is 0.119 e. The lowest BCUT2D eigenvalue weighted by Crippen LogP contribution is -2.11. The van der Waals surface area contributed by atoms with E-state index in [9.17, 15) is 5.11 Å². The summed E-state index contributed by atoms with van der Waals surface area (Å²) in [5.41, 5.74) is 6.38. The predicted molar refractivity (Wildman–Crippen MR) is 145 cm³/mol. The molecule has 0 saturated heterocycles. The van der Waals surface area contributed by atoms with Crippen LogP contribution in [0.25, 0.3) is 11.1 Å². The summed E-state index contributed by atoms with van der Waals surface area (Å²) in [5.74, 6) is 3.35. The number of aliphatic hydroxyl groups excluding tert-OH is 1. The van der Waals surface area contributed by atoms with Gasteiger partial charge in [-0.05, 0) is 95.0 Å². The second-order valence-electron chi connectivity index (χ2n) is 9.90. The SMILES string of the molecule is COc1ccc(C2=C(C(O)c3ccc(OCCC4CCCC4)cc3)c3ccc(OC)cc3CC2)cc1. The first-order chi connectivity index (χ1) is 17.7. The summed E-state index contributed by atoms with van der Waals surface area (Å²) in [5, 5.41) is 11.7. The maximum absolute atomic E-state index is 11.7. The summed E-state index contributed by atoms with van der Waals surface area (Å²) in [4.78, 5) is 0. The fourth-order valence-electron chi connectivity index (χ4n) is 5.68. The molecule has 4 nitrogen and oxygen atoms in total. The van der Waals surface area contributed by atoms with E-state index in [0.29, 0.717) is 0 Å². The number of aryl methyl sites for hydroxylation is 1. The fourth-order valence-corrected chi connectivity index (χ4v) is 5.68. The Labute approximate surface area is 214 Å². The van der Waals surface area contributed by atoms with Crippen LogP contribution in [0.5, 0.6) is 17.2 Å². The molecule has 1 unspecified atom stereocenters. The van der Waals surface area contributed by atoms with Gasteiger partial charge >= 0.3 is 0 Å². The number of allylic oxidation sites excluding steroid dienone is 1. The molecule has 0 amide bonds. The third kappa shape index (κ3) is 5.29. The number of methoxy groups -OCH3 is 2. The number of fused-ring (bicyclic) bond motifs is 1. The van der Waals surface area contributed by atoms with Gasteiger partial charge in [0, 0.05) is 0 Å². The Kier molecular flexibility index (Phi) is 7.62. The maximum atomic E-state index is 11.7. The van der Waals surface area contributed by atoms with Crippen LogP contribution >= 0.6 is 0 Å². The highest BCUT2D eigenvalue weighted by atomic mass is 16.5. The van der Waals surface area contributed by atoms with Gasteiger partial charge < -0.3 is 19.3 Å². The quantitative estimate of drug-likeness (QED) is 0.347. The molecule has 0 radical (unpaired) electrons. The van der Waals surface area contributed by atoms with Gasteiger partial charge in [-0.3, -0.25) is 0 Å². The summed E-state index contributed by atoms with van der Waals surface area (Å²) < 4.78 is 16.9. The van der Waals surface area contributed by atoms with E-state index in [1.807, 2.05) is 42.5 Å². The fraction of sp³-hybridized carbons (Fsp3) is 0.375. The Morgan fingerprint density at radius 1 is 0.806 bits per heavy atom. The van der Waals surface area contributed by atoms with Crippen molar-refractivity contribution in [2.45, 2.75) is 51.0 Å². The summed E-state index contributed by atoms with van der Waals surface area (Å²) in [6.45, 7) is 0.758. The molecule has 36 heavy (non-hydrogen) atoms. The number of aliphatic hydroxyl groups is 1. The molecule has 188 valence electrons. The summed E-state index contributed by atoms with van der Waals surface area (Å²) >= 11 is 0. The van der Waals surface area contributed by atoms with Crippen LogP contribution in [-0.2, 0) is 6.42 Å². The van der Waals surface area contributed by atoms with Gasteiger partial charge in [0.05, 0.1) is 20.8 Å². The van der Waals surface area contributed by atoms with Gasteiger partial charge in [-0.25, -0.2) is 0 Å². The van der Waals surface area contributed by atoms with Gasteiger partial charge in [0.15, 0.2) is 0 Å². The molecule has 3 aromatic carbocycles. The molecule has 4 heteroatoms. The van der Waals surface area contributed by atoms with Gasteiger partial charge in [-0.1, -0.05) is 56.0 Å². The first-order valence-electron chi connectivity index (χ1n) is 13.1. The summed E-state index contributed by atoms with van der Waals surface area (Å²) in [6, 6.07) is 22.2. The van der Waals surface area contributed by atoms with Crippen molar-refractivity contribution in [3.63, 3.8) is 0 Å². The van der Waals surface area contributed by atoms with Gasteiger partial charge in [-0.2, -0.15) is 0 Å². The third-order valence-electron chi connectivity index (χ3n) is 7.75. The van der Waals surface area contributed by atoms with Crippen LogP contribution < -0.4 is 14.2 Å². The molecule has 5 rings (SSSR count). The molecule has 0 bridgehead atoms. The van der Waals surface area contributed by atoms with Crippen molar-refractivity contribution in [2.75, 3.05) is 20.8 Å².